The molecule has 104 valence electrons. The summed E-state index contributed by atoms with van der Waals surface area (Å²) in [6.07, 6.45) is 0. The summed E-state index contributed by atoms with van der Waals surface area (Å²) in [7, 11) is 0. The monoisotopic (exact) mass is 297 g/mol. The van der Waals surface area contributed by atoms with Crippen molar-refractivity contribution in [3.05, 3.63) is 64.7 Å². The summed E-state index contributed by atoms with van der Waals surface area (Å²) in [5.41, 5.74) is 2.87. The third kappa shape index (κ3) is 2.36. The molecule has 0 saturated heterocycles. The Bertz CT molecular complexity index is 844. The van der Waals surface area contributed by atoms with E-state index in [2.05, 4.69) is 4.98 Å². The molecule has 3 nitrogen and oxygen atoms in total. The number of aryl methyl sites for hydroxylation is 1. The lowest BCUT2D eigenvalue weighted by atomic mass is 10.0. The van der Waals surface area contributed by atoms with Crippen LogP contribution in [0.2, 0.25) is 5.02 Å². The second-order valence-electron chi connectivity index (χ2n) is 4.84. The zero-order chi connectivity index (χ0) is 15.0. The molecular formula is C17H12ClNO2. The molecule has 0 spiro atoms. The molecule has 0 radical (unpaired) electrons. The van der Waals surface area contributed by atoms with E-state index in [1.165, 1.54) is 0 Å². The van der Waals surface area contributed by atoms with Crippen molar-refractivity contribution in [2.45, 2.75) is 6.92 Å². The highest BCUT2D eigenvalue weighted by atomic mass is 35.5. The van der Waals surface area contributed by atoms with Gasteiger partial charge in [0.1, 0.15) is 5.56 Å². The number of carboxylic acid groups (broad SMARTS) is 1. The highest BCUT2D eigenvalue weighted by molar-refractivity contribution is 6.39. The number of hydrogen-bond acceptors (Lipinski definition) is 2. The average Bonchev–Trinajstić information content (AvgIpc) is 2.48. The van der Waals surface area contributed by atoms with Crippen LogP contribution in [0.3, 0.4) is 0 Å². The molecule has 0 atom stereocenters. The Morgan fingerprint density at radius 1 is 1.14 bits per heavy atom. The highest BCUT2D eigenvalue weighted by Crippen LogP contribution is 2.33. The van der Waals surface area contributed by atoms with Crippen LogP contribution in [0.1, 0.15) is 15.9 Å². The van der Waals surface area contributed by atoms with Crippen molar-refractivity contribution < 1.29 is 9.90 Å². The molecular weight excluding hydrogens is 286 g/mol. The maximum absolute atomic E-state index is 11.6. The fourth-order valence-corrected chi connectivity index (χ4v) is 2.66. The topological polar surface area (TPSA) is 50.2 Å². The zero-order valence-electron chi connectivity index (χ0n) is 11.3. The Hall–Kier alpha value is -2.39. The van der Waals surface area contributed by atoms with E-state index in [9.17, 15) is 9.90 Å². The summed E-state index contributed by atoms with van der Waals surface area (Å²) in [5.74, 6) is -1.07. The molecule has 3 aromatic rings. The lowest BCUT2D eigenvalue weighted by Crippen LogP contribution is -2.04. The second kappa shape index (κ2) is 5.19. The summed E-state index contributed by atoms with van der Waals surface area (Å²) in [5, 5.41) is 10.4. The number of halogens is 1. The van der Waals surface area contributed by atoms with Gasteiger partial charge >= 0.3 is 5.97 Å². The van der Waals surface area contributed by atoms with Gasteiger partial charge in [-0.1, -0.05) is 53.6 Å². The fourth-order valence-electron chi connectivity index (χ4n) is 2.34. The molecule has 2 aromatic carbocycles. The van der Waals surface area contributed by atoms with Crippen molar-refractivity contribution in [3.8, 4) is 11.3 Å². The van der Waals surface area contributed by atoms with Crippen molar-refractivity contribution in [2.24, 2.45) is 0 Å². The Labute approximate surface area is 126 Å². The molecule has 0 aliphatic rings. The number of carbonyl (C=O) groups is 1. The molecule has 1 aromatic heterocycles. The Morgan fingerprint density at radius 3 is 2.52 bits per heavy atom. The summed E-state index contributed by atoms with van der Waals surface area (Å²) in [4.78, 5) is 16.1. The van der Waals surface area contributed by atoms with Crippen LogP contribution in [-0.4, -0.2) is 16.1 Å². The van der Waals surface area contributed by atoms with E-state index in [4.69, 9.17) is 11.6 Å². The Kier molecular flexibility index (Phi) is 3.35. The maximum Gasteiger partial charge on any atom is 0.339 e. The van der Waals surface area contributed by atoms with Crippen LogP contribution < -0.4 is 0 Å². The predicted molar refractivity (Wildman–Crippen MR) is 83.9 cm³/mol. The van der Waals surface area contributed by atoms with E-state index in [1.807, 2.05) is 55.5 Å². The Balaban J connectivity index is 2.41. The van der Waals surface area contributed by atoms with E-state index in [1.54, 1.807) is 0 Å². The molecule has 0 fully saturated rings. The molecule has 21 heavy (non-hydrogen) atoms. The minimum atomic E-state index is -1.07. The number of carboxylic acids is 1. The van der Waals surface area contributed by atoms with Crippen molar-refractivity contribution >= 4 is 28.5 Å². The SMILES string of the molecule is Cc1ccc2nc(-c3ccccc3)c(C(=O)O)c(Cl)c2c1. The van der Waals surface area contributed by atoms with Gasteiger partial charge in [-0.3, -0.25) is 0 Å². The molecule has 1 N–H and O–H groups in total. The van der Waals surface area contributed by atoms with Crippen LogP contribution in [0.4, 0.5) is 0 Å². The lowest BCUT2D eigenvalue weighted by Gasteiger charge is -2.11. The summed E-state index contributed by atoms with van der Waals surface area (Å²) in [6, 6.07) is 14.8. The second-order valence-corrected chi connectivity index (χ2v) is 5.22. The number of fused-ring (bicyclic) bond motifs is 1. The molecule has 0 aliphatic carbocycles. The largest absolute Gasteiger partial charge is 0.478 e. The molecule has 3 rings (SSSR count). The molecule has 4 heteroatoms. The van der Waals surface area contributed by atoms with Crippen molar-refractivity contribution in [3.63, 3.8) is 0 Å². The molecule has 0 aliphatic heterocycles. The van der Waals surface area contributed by atoms with Crippen LogP contribution in [-0.2, 0) is 0 Å². The number of nitrogens with zero attached hydrogens (tertiary/aromatic N) is 1. The molecule has 0 unspecified atom stereocenters. The first-order valence-electron chi connectivity index (χ1n) is 6.46. The smallest absolute Gasteiger partial charge is 0.339 e. The van der Waals surface area contributed by atoms with E-state index in [0.717, 1.165) is 11.1 Å². The standard InChI is InChI=1S/C17H12ClNO2/c1-10-7-8-13-12(9-10)15(18)14(17(20)21)16(19-13)11-5-3-2-4-6-11/h2-9H,1H3,(H,20,21). The fraction of sp³-hybridized carbons (Fsp3) is 0.0588. The van der Waals surface area contributed by atoms with Gasteiger partial charge in [-0.05, 0) is 19.1 Å². The Morgan fingerprint density at radius 2 is 1.86 bits per heavy atom. The minimum Gasteiger partial charge on any atom is -0.478 e. The van der Waals surface area contributed by atoms with Gasteiger partial charge in [0.25, 0.3) is 0 Å². The molecule has 0 bridgehead atoms. The predicted octanol–water partition coefficient (Wildman–Crippen LogP) is 4.56. The van der Waals surface area contributed by atoms with Crippen molar-refractivity contribution in [1.82, 2.24) is 4.98 Å². The zero-order valence-corrected chi connectivity index (χ0v) is 12.1. The minimum absolute atomic E-state index is 0.0426. The number of aromatic carboxylic acids is 1. The average molecular weight is 298 g/mol. The first-order valence-corrected chi connectivity index (χ1v) is 6.84. The molecule has 0 amide bonds. The van der Waals surface area contributed by atoms with Gasteiger partial charge in [0.05, 0.1) is 16.2 Å². The van der Waals surface area contributed by atoms with Crippen molar-refractivity contribution in [2.75, 3.05) is 0 Å². The molecule has 0 saturated carbocycles. The first kappa shape index (κ1) is 13.6. The van der Waals surface area contributed by atoms with Gasteiger partial charge in [0.2, 0.25) is 0 Å². The summed E-state index contributed by atoms with van der Waals surface area (Å²) >= 11 is 6.34. The van der Waals surface area contributed by atoms with E-state index in [0.29, 0.717) is 16.6 Å². The van der Waals surface area contributed by atoms with Gasteiger partial charge in [-0.15, -0.1) is 0 Å². The van der Waals surface area contributed by atoms with E-state index >= 15 is 0 Å². The van der Waals surface area contributed by atoms with E-state index in [-0.39, 0.29) is 10.6 Å². The van der Waals surface area contributed by atoms with Gasteiger partial charge in [-0.2, -0.15) is 0 Å². The van der Waals surface area contributed by atoms with Crippen molar-refractivity contribution in [1.29, 1.82) is 0 Å². The van der Waals surface area contributed by atoms with Gasteiger partial charge in [0, 0.05) is 10.9 Å². The third-order valence-electron chi connectivity index (χ3n) is 3.34. The quantitative estimate of drug-likeness (QED) is 0.754. The van der Waals surface area contributed by atoms with Crippen LogP contribution in [0, 0.1) is 6.92 Å². The number of rotatable bonds is 2. The number of pyridine rings is 1. The van der Waals surface area contributed by atoms with Gasteiger partial charge in [0.15, 0.2) is 0 Å². The molecule has 1 heterocycles. The van der Waals surface area contributed by atoms with Crippen LogP contribution >= 0.6 is 11.6 Å². The number of aromatic nitrogens is 1. The third-order valence-corrected chi connectivity index (χ3v) is 3.73. The normalized spacial score (nSPS) is 10.8. The highest BCUT2D eigenvalue weighted by Gasteiger charge is 2.20. The van der Waals surface area contributed by atoms with Gasteiger partial charge < -0.3 is 5.11 Å². The first-order chi connectivity index (χ1) is 10.1. The number of benzene rings is 2. The number of hydrogen-bond donors (Lipinski definition) is 1. The maximum atomic E-state index is 11.6. The van der Waals surface area contributed by atoms with Crippen LogP contribution in [0.25, 0.3) is 22.2 Å². The lowest BCUT2D eigenvalue weighted by molar-refractivity contribution is 0.0698. The van der Waals surface area contributed by atoms with Gasteiger partial charge in [-0.25, -0.2) is 9.78 Å². The van der Waals surface area contributed by atoms with Crippen LogP contribution in [0.15, 0.2) is 48.5 Å². The summed E-state index contributed by atoms with van der Waals surface area (Å²) < 4.78 is 0. The van der Waals surface area contributed by atoms with Crippen LogP contribution in [0.5, 0.6) is 0 Å². The van der Waals surface area contributed by atoms with E-state index < -0.39 is 5.97 Å². The summed E-state index contributed by atoms with van der Waals surface area (Å²) in [6.45, 7) is 1.93.